The Morgan fingerprint density at radius 1 is 1.00 bits per heavy atom. The number of urea groups is 1. The van der Waals surface area contributed by atoms with Gasteiger partial charge in [-0.25, -0.2) is 14.3 Å². The minimum Gasteiger partial charge on any atom is -0.341 e. The van der Waals surface area contributed by atoms with Crippen LogP contribution < -0.4 is 11.0 Å². The summed E-state index contributed by atoms with van der Waals surface area (Å²) >= 11 is 0. The van der Waals surface area contributed by atoms with Crippen LogP contribution in [0.2, 0.25) is 0 Å². The summed E-state index contributed by atoms with van der Waals surface area (Å²) in [6.45, 7) is 2.27. The number of nitrogens with zero attached hydrogens (tertiary/aromatic N) is 6. The molecule has 2 aromatic carbocycles. The van der Waals surface area contributed by atoms with Crippen LogP contribution in [0.1, 0.15) is 37.3 Å². The van der Waals surface area contributed by atoms with Gasteiger partial charge in [0.05, 0.1) is 17.8 Å². The molecule has 2 aliphatic heterocycles. The Bertz CT molecular complexity index is 1610. The maximum absolute atomic E-state index is 13.8. The number of rotatable bonds is 7. The number of piperidine rings is 2. The first-order valence-electron chi connectivity index (χ1n) is 15.0. The maximum atomic E-state index is 13.8. The fourth-order valence-electron chi connectivity index (χ4n) is 6.24. The highest BCUT2D eigenvalue weighted by Gasteiger charge is 2.33. The van der Waals surface area contributed by atoms with Crippen LogP contribution in [0.5, 0.6) is 0 Å². The Labute approximate surface area is 250 Å². The molecule has 4 aromatic rings. The Balaban J connectivity index is 1.12. The van der Waals surface area contributed by atoms with Gasteiger partial charge in [0.2, 0.25) is 5.91 Å². The molecule has 1 unspecified atom stereocenters. The molecule has 43 heavy (non-hydrogen) atoms. The van der Waals surface area contributed by atoms with Gasteiger partial charge in [-0.2, -0.15) is 5.10 Å². The summed E-state index contributed by atoms with van der Waals surface area (Å²) in [5.74, 6) is 0.486. The molecular formula is C31H39N9O3. The number of aromatic amines is 2. The standard InChI is InChI=1S/C31H39N9O3/c1-37(2)24-10-14-38(15-11-24)29(41)27(19-21-8-9-26-23(18-21)20-32-35-26)33-30(42)39-16-12-25(13-17-39)40-31(43)34-28(36-40)22-6-4-3-5-7-22/h3-9,18,20,24-25,27H,10-17,19H2,1-2H3,(H,32,35)(H,33,42)(H,34,36,43). The van der Waals surface area contributed by atoms with Crippen molar-refractivity contribution in [2.75, 3.05) is 40.3 Å². The third-order valence-corrected chi connectivity index (χ3v) is 8.83. The van der Waals surface area contributed by atoms with Gasteiger partial charge >= 0.3 is 11.7 Å². The number of hydrogen-bond acceptors (Lipinski definition) is 6. The van der Waals surface area contributed by atoms with E-state index in [1.807, 2.05) is 53.4 Å². The van der Waals surface area contributed by atoms with Crippen LogP contribution in [-0.4, -0.2) is 104 Å². The van der Waals surface area contributed by atoms with Gasteiger partial charge in [-0.15, -0.1) is 5.10 Å². The van der Waals surface area contributed by atoms with Gasteiger partial charge in [0.1, 0.15) is 6.04 Å². The van der Waals surface area contributed by atoms with E-state index < -0.39 is 6.04 Å². The molecule has 3 N–H and O–H groups in total. The lowest BCUT2D eigenvalue weighted by Gasteiger charge is -2.37. The zero-order valence-electron chi connectivity index (χ0n) is 24.7. The zero-order valence-corrected chi connectivity index (χ0v) is 24.7. The summed E-state index contributed by atoms with van der Waals surface area (Å²) in [5, 5.41) is 15.6. The van der Waals surface area contributed by atoms with Crippen LogP contribution in [0, 0.1) is 0 Å². The summed E-state index contributed by atoms with van der Waals surface area (Å²) in [6, 6.07) is 14.9. The molecule has 12 nitrogen and oxygen atoms in total. The predicted octanol–water partition coefficient (Wildman–Crippen LogP) is 2.63. The predicted molar refractivity (Wildman–Crippen MR) is 164 cm³/mol. The van der Waals surface area contributed by atoms with Gasteiger partial charge in [0, 0.05) is 49.6 Å². The lowest BCUT2D eigenvalue weighted by molar-refractivity contribution is -0.134. The molecule has 0 saturated carbocycles. The van der Waals surface area contributed by atoms with Gasteiger partial charge in [-0.05, 0) is 57.5 Å². The monoisotopic (exact) mass is 585 g/mol. The minimum absolute atomic E-state index is 0.0516. The van der Waals surface area contributed by atoms with E-state index in [0.29, 0.717) is 57.3 Å². The van der Waals surface area contributed by atoms with E-state index in [4.69, 9.17) is 0 Å². The van der Waals surface area contributed by atoms with Crippen molar-refractivity contribution in [1.29, 1.82) is 0 Å². The lowest BCUT2D eigenvalue weighted by atomic mass is 10.00. The normalized spacial score (nSPS) is 17.5. The molecule has 0 aliphatic carbocycles. The Kier molecular flexibility index (Phi) is 8.28. The third-order valence-electron chi connectivity index (χ3n) is 8.83. The Morgan fingerprint density at radius 2 is 1.72 bits per heavy atom. The molecule has 0 bridgehead atoms. The van der Waals surface area contributed by atoms with Crippen molar-refractivity contribution in [3.05, 3.63) is 70.8 Å². The van der Waals surface area contributed by atoms with Crippen LogP contribution in [0.15, 0.2) is 59.5 Å². The number of nitrogens with one attached hydrogen (secondary N) is 3. The lowest BCUT2D eigenvalue weighted by Crippen LogP contribution is -2.56. The number of hydrogen-bond donors (Lipinski definition) is 3. The van der Waals surface area contributed by atoms with Crippen LogP contribution in [-0.2, 0) is 11.2 Å². The highest BCUT2D eigenvalue weighted by molar-refractivity contribution is 5.88. The second-order valence-electron chi connectivity index (χ2n) is 11.8. The molecule has 2 aliphatic rings. The van der Waals surface area contributed by atoms with Crippen molar-refractivity contribution in [3.8, 4) is 11.4 Å². The number of H-pyrrole nitrogens is 2. The van der Waals surface area contributed by atoms with Gasteiger partial charge in [0.15, 0.2) is 5.82 Å². The first-order chi connectivity index (χ1) is 20.9. The van der Waals surface area contributed by atoms with Crippen LogP contribution in [0.25, 0.3) is 22.3 Å². The summed E-state index contributed by atoms with van der Waals surface area (Å²) < 4.78 is 1.51. The van der Waals surface area contributed by atoms with Crippen molar-refractivity contribution >= 4 is 22.8 Å². The van der Waals surface area contributed by atoms with Crippen molar-refractivity contribution in [2.24, 2.45) is 0 Å². The van der Waals surface area contributed by atoms with Gasteiger partial charge in [0.25, 0.3) is 0 Å². The molecule has 2 aromatic heterocycles. The summed E-state index contributed by atoms with van der Waals surface area (Å²) in [7, 11) is 4.15. The molecule has 4 heterocycles. The SMILES string of the molecule is CN(C)C1CCN(C(=O)C(Cc2ccc3[nH]ncc3c2)NC(=O)N2CCC(n3nc(-c4ccccc4)[nH]c3=O)CC2)CC1. The summed E-state index contributed by atoms with van der Waals surface area (Å²) in [6.07, 6.45) is 5.16. The maximum Gasteiger partial charge on any atom is 0.343 e. The second-order valence-corrected chi connectivity index (χ2v) is 11.8. The van der Waals surface area contributed by atoms with Gasteiger partial charge in [-0.3, -0.25) is 14.9 Å². The molecule has 0 spiro atoms. The molecule has 1 atom stereocenters. The fraction of sp³-hybridized carbons (Fsp3) is 0.452. The highest BCUT2D eigenvalue weighted by Crippen LogP contribution is 2.23. The van der Waals surface area contributed by atoms with Crippen LogP contribution >= 0.6 is 0 Å². The van der Waals surface area contributed by atoms with E-state index >= 15 is 0 Å². The number of carbonyl (C=O) groups is 2. The van der Waals surface area contributed by atoms with Crippen molar-refractivity contribution in [1.82, 2.24) is 45.0 Å². The Morgan fingerprint density at radius 3 is 2.44 bits per heavy atom. The average Bonchev–Trinajstić information content (AvgIpc) is 3.67. The molecule has 2 fully saturated rings. The van der Waals surface area contributed by atoms with Crippen LogP contribution in [0.3, 0.4) is 0 Å². The van der Waals surface area contributed by atoms with Crippen LogP contribution in [0.4, 0.5) is 4.79 Å². The molecule has 12 heteroatoms. The van der Waals surface area contributed by atoms with Crippen molar-refractivity contribution in [2.45, 2.75) is 50.2 Å². The molecule has 226 valence electrons. The Hall–Kier alpha value is -4.45. The smallest absolute Gasteiger partial charge is 0.341 e. The first kappa shape index (κ1) is 28.7. The number of aromatic nitrogens is 5. The van der Waals surface area contributed by atoms with E-state index in [0.717, 1.165) is 34.9 Å². The second kappa shape index (κ2) is 12.4. The van der Waals surface area contributed by atoms with E-state index in [-0.39, 0.29) is 23.7 Å². The minimum atomic E-state index is -0.687. The largest absolute Gasteiger partial charge is 0.343 e. The van der Waals surface area contributed by atoms with Crippen molar-refractivity contribution in [3.63, 3.8) is 0 Å². The summed E-state index contributed by atoms with van der Waals surface area (Å²) in [5.41, 5.74) is 2.49. The average molecular weight is 586 g/mol. The highest BCUT2D eigenvalue weighted by atomic mass is 16.2. The van der Waals surface area contributed by atoms with E-state index in [1.54, 1.807) is 11.1 Å². The van der Waals surface area contributed by atoms with Gasteiger partial charge < -0.3 is 20.0 Å². The number of fused-ring (bicyclic) bond motifs is 1. The van der Waals surface area contributed by atoms with E-state index in [9.17, 15) is 14.4 Å². The molecule has 6 rings (SSSR count). The van der Waals surface area contributed by atoms with Crippen molar-refractivity contribution < 1.29 is 9.59 Å². The fourth-order valence-corrected chi connectivity index (χ4v) is 6.24. The number of carbonyl (C=O) groups excluding carboxylic acids is 2. The first-order valence-corrected chi connectivity index (χ1v) is 15.0. The quantitative estimate of drug-likeness (QED) is 0.305. The molecule has 2 saturated heterocycles. The topological polar surface area (TPSA) is 135 Å². The third kappa shape index (κ3) is 6.34. The number of amides is 3. The number of benzene rings is 2. The number of likely N-dealkylation sites (tertiary alicyclic amines) is 2. The summed E-state index contributed by atoms with van der Waals surface area (Å²) in [4.78, 5) is 48.7. The molecular weight excluding hydrogens is 546 g/mol. The molecule has 0 radical (unpaired) electrons. The van der Waals surface area contributed by atoms with E-state index in [1.165, 1.54) is 4.68 Å². The van der Waals surface area contributed by atoms with E-state index in [2.05, 4.69) is 44.6 Å². The van der Waals surface area contributed by atoms with Gasteiger partial charge in [-0.1, -0.05) is 36.4 Å². The molecule has 3 amide bonds. The zero-order chi connectivity index (χ0) is 29.9.